The van der Waals surface area contributed by atoms with E-state index >= 15 is 0 Å². The molecule has 30 heavy (non-hydrogen) atoms. The molecular formula is C24H26N2O4. The maximum absolute atomic E-state index is 13.1. The summed E-state index contributed by atoms with van der Waals surface area (Å²) in [4.78, 5) is 28.2. The number of hydrogen-bond donors (Lipinski definition) is 0. The first-order chi connectivity index (χ1) is 14.6. The third-order valence-corrected chi connectivity index (χ3v) is 5.45. The van der Waals surface area contributed by atoms with Gasteiger partial charge in [0.25, 0.3) is 5.91 Å². The molecule has 0 atom stereocenters. The minimum atomic E-state index is -0.376. The molecule has 3 aromatic rings. The molecule has 1 aromatic heterocycles. The Balaban J connectivity index is 1.58. The quantitative estimate of drug-likeness (QED) is 0.554. The van der Waals surface area contributed by atoms with Crippen LogP contribution in [0.15, 0.2) is 52.9 Å². The van der Waals surface area contributed by atoms with Crippen LogP contribution in [-0.4, -0.2) is 37.1 Å². The van der Waals surface area contributed by atoms with E-state index in [1.165, 1.54) is 0 Å². The Bertz CT molecular complexity index is 1070. The van der Waals surface area contributed by atoms with Gasteiger partial charge in [0, 0.05) is 42.2 Å². The number of cyclic esters (lactones) is 1. The van der Waals surface area contributed by atoms with Gasteiger partial charge in [-0.2, -0.15) is 0 Å². The molecule has 1 aliphatic rings. The molecule has 1 aliphatic heterocycles. The van der Waals surface area contributed by atoms with Crippen molar-refractivity contribution in [2.24, 2.45) is 0 Å². The molecule has 0 bridgehead atoms. The van der Waals surface area contributed by atoms with Crippen LogP contribution in [-0.2, 0) is 17.7 Å². The fourth-order valence-electron chi connectivity index (χ4n) is 3.83. The number of aryl methyl sites for hydroxylation is 1. The third kappa shape index (κ3) is 3.90. The SMILES string of the molecule is CCCCc1oc2ccccc2c1CN(C)C(=O)c1cccc(N2CCOC2=O)c1. The second kappa shape index (κ2) is 8.61. The van der Waals surface area contributed by atoms with Gasteiger partial charge in [0.15, 0.2) is 0 Å². The van der Waals surface area contributed by atoms with Gasteiger partial charge in [-0.1, -0.05) is 37.6 Å². The molecule has 0 N–H and O–H groups in total. The van der Waals surface area contributed by atoms with Crippen LogP contribution in [0.4, 0.5) is 10.5 Å². The van der Waals surface area contributed by atoms with Gasteiger partial charge < -0.3 is 14.1 Å². The standard InChI is InChI=1S/C24H26N2O4/c1-3-4-11-22-20(19-10-5-6-12-21(19)30-22)16-25(2)23(27)17-8-7-9-18(15-17)26-13-14-29-24(26)28/h5-10,12,15H,3-4,11,13-14,16H2,1-2H3. The summed E-state index contributed by atoms with van der Waals surface area (Å²) in [6.45, 7) is 3.48. The molecule has 4 rings (SSSR count). The van der Waals surface area contributed by atoms with Gasteiger partial charge in [-0.25, -0.2) is 4.79 Å². The van der Waals surface area contributed by atoms with E-state index in [4.69, 9.17) is 9.15 Å². The Labute approximate surface area is 176 Å². The zero-order valence-electron chi connectivity index (χ0n) is 17.4. The molecule has 0 radical (unpaired) electrons. The monoisotopic (exact) mass is 406 g/mol. The first-order valence-corrected chi connectivity index (χ1v) is 10.4. The van der Waals surface area contributed by atoms with Crippen LogP contribution in [0.25, 0.3) is 11.0 Å². The summed E-state index contributed by atoms with van der Waals surface area (Å²) in [5.74, 6) is 0.849. The Morgan fingerprint density at radius 1 is 1.17 bits per heavy atom. The number of furan rings is 1. The number of benzene rings is 2. The summed E-state index contributed by atoms with van der Waals surface area (Å²) < 4.78 is 11.1. The van der Waals surface area contributed by atoms with Crippen molar-refractivity contribution in [1.82, 2.24) is 4.90 Å². The molecule has 156 valence electrons. The number of amides is 2. The van der Waals surface area contributed by atoms with Crippen LogP contribution >= 0.6 is 0 Å². The Morgan fingerprint density at radius 3 is 2.77 bits per heavy atom. The molecule has 0 spiro atoms. The number of fused-ring (bicyclic) bond motifs is 1. The lowest BCUT2D eigenvalue weighted by Gasteiger charge is -2.19. The predicted octanol–water partition coefficient (Wildman–Crippen LogP) is 5.00. The fraction of sp³-hybridized carbons (Fsp3) is 0.333. The van der Waals surface area contributed by atoms with Crippen LogP contribution < -0.4 is 4.90 Å². The molecule has 6 nitrogen and oxygen atoms in total. The number of rotatable bonds is 7. The molecule has 2 amide bonds. The Kier molecular flexibility index (Phi) is 5.74. The summed E-state index contributed by atoms with van der Waals surface area (Å²) in [5, 5.41) is 1.05. The summed E-state index contributed by atoms with van der Waals surface area (Å²) >= 11 is 0. The van der Waals surface area contributed by atoms with E-state index < -0.39 is 0 Å². The highest BCUT2D eigenvalue weighted by molar-refractivity contribution is 5.97. The highest BCUT2D eigenvalue weighted by Gasteiger charge is 2.25. The smallest absolute Gasteiger partial charge is 0.414 e. The summed E-state index contributed by atoms with van der Waals surface area (Å²) in [5.41, 5.74) is 3.13. The van der Waals surface area contributed by atoms with E-state index in [9.17, 15) is 9.59 Å². The average molecular weight is 406 g/mol. The number of unbranched alkanes of at least 4 members (excludes halogenated alkanes) is 1. The average Bonchev–Trinajstić information content (AvgIpc) is 3.35. The Morgan fingerprint density at radius 2 is 2.00 bits per heavy atom. The van der Waals surface area contributed by atoms with E-state index in [-0.39, 0.29) is 12.0 Å². The van der Waals surface area contributed by atoms with E-state index in [0.717, 1.165) is 41.6 Å². The number of carbonyl (C=O) groups is 2. The van der Waals surface area contributed by atoms with Gasteiger partial charge in [-0.05, 0) is 30.7 Å². The molecule has 6 heteroatoms. The zero-order valence-corrected chi connectivity index (χ0v) is 17.4. The van der Waals surface area contributed by atoms with Crippen molar-refractivity contribution in [3.05, 3.63) is 65.4 Å². The van der Waals surface area contributed by atoms with Crippen LogP contribution in [0, 0.1) is 0 Å². The van der Waals surface area contributed by atoms with Gasteiger partial charge in [-0.15, -0.1) is 0 Å². The summed E-state index contributed by atoms with van der Waals surface area (Å²) in [7, 11) is 1.80. The maximum Gasteiger partial charge on any atom is 0.414 e. The van der Waals surface area contributed by atoms with Crippen LogP contribution in [0.3, 0.4) is 0 Å². The van der Waals surface area contributed by atoms with Crippen LogP contribution in [0.1, 0.15) is 41.4 Å². The van der Waals surface area contributed by atoms with Crippen molar-refractivity contribution in [2.75, 3.05) is 25.1 Å². The van der Waals surface area contributed by atoms with E-state index in [0.29, 0.717) is 30.9 Å². The van der Waals surface area contributed by atoms with Gasteiger partial charge in [0.1, 0.15) is 18.0 Å². The number of ether oxygens (including phenoxy) is 1. The molecule has 1 fully saturated rings. The molecule has 0 unspecified atom stereocenters. The molecular weight excluding hydrogens is 380 g/mol. The van der Waals surface area contributed by atoms with Gasteiger partial charge in [0.05, 0.1) is 6.54 Å². The van der Waals surface area contributed by atoms with E-state index in [1.807, 2.05) is 30.3 Å². The summed E-state index contributed by atoms with van der Waals surface area (Å²) in [6.07, 6.45) is 2.60. The second-order valence-corrected chi connectivity index (χ2v) is 7.58. The third-order valence-electron chi connectivity index (χ3n) is 5.45. The predicted molar refractivity (Wildman–Crippen MR) is 116 cm³/mol. The number of hydrogen-bond acceptors (Lipinski definition) is 4. The lowest BCUT2D eigenvalue weighted by Crippen LogP contribution is -2.27. The van der Waals surface area contributed by atoms with Gasteiger partial charge in [-0.3, -0.25) is 9.69 Å². The Hall–Kier alpha value is -3.28. The van der Waals surface area contributed by atoms with E-state index in [1.54, 1.807) is 35.0 Å². The lowest BCUT2D eigenvalue weighted by atomic mass is 10.1. The number of carbonyl (C=O) groups excluding carboxylic acids is 2. The lowest BCUT2D eigenvalue weighted by molar-refractivity contribution is 0.0785. The second-order valence-electron chi connectivity index (χ2n) is 7.58. The largest absolute Gasteiger partial charge is 0.461 e. The minimum Gasteiger partial charge on any atom is -0.461 e. The minimum absolute atomic E-state index is 0.101. The molecule has 2 heterocycles. The molecule has 0 saturated carbocycles. The number of anilines is 1. The topological polar surface area (TPSA) is 63.0 Å². The van der Waals surface area contributed by atoms with Gasteiger partial charge >= 0.3 is 6.09 Å². The summed E-state index contributed by atoms with van der Waals surface area (Å²) in [6, 6.07) is 15.1. The van der Waals surface area contributed by atoms with Crippen molar-refractivity contribution < 1.29 is 18.7 Å². The maximum atomic E-state index is 13.1. The van der Waals surface area contributed by atoms with E-state index in [2.05, 4.69) is 6.92 Å². The highest BCUT2D eigenvalue weighted by atomic mass is 16.6. The molecule has 1 saturated heterocycles. The van der Waals surface area contributed by atoms with Gasteiger partial charge in [0.2, 0.25) is 0 Å². The normalized spacial score (nSPS) is 13.7. The highest BCUT2D eigenvalue weighted by Crippen LogP contribution is 2.29. The van der Waals surface area contributed by atoms with Crippen molar-refractivity contribution in [3.63, 3.8) is 0 Å². The first kappa shape index (κ1) is 20.0. The van der Waals surface area contributed by atoms with Crippen molar-refractivity contribution >= 4 is 28.7 Å². The first-order valence-electron chi connectivity index (χ1n) is 10.4. The van der Waals surface area contributed by atoms with Crippen LogP contribution in [0.2, 0.25) is 0 Å². The number of para-hydroxylation sites is 1. The fourth-order valence-corrected chi connectivity index (χ4v) is 3.83. The zero-order chi connectivity index (χ0) is 21.1. The van der Waals surface area contributed by atoms with Crippen molar-refractivity contribution in [2.45, 2.75) is 32.7 Å². The molecule has 2 aromatic carbocycles. The molecule has 0 aliphatic carbocycles. The van der Waals surface area contributed by atoms with Crippen molar-refractivity contribution in [1.29, 1.82) is 0 Å². The van der Waals surface area contributed by atoms with Crippen LogP contribution in [0.5, 0.6) is 0 Å². The number of nitrogens with zero attached hydrogens (tertiary/aromatic N) is 2. The van der Waals surface area contributed by atoms with Crippen molar-refractivity contribution in [3.8, 4) is 0 Å².